The van der Waals surface area contributed by atoms with Crippen LogP contribution in [-0.4, -0.2) is 30.4 Å². The van der Waals surface area contributed by atoms with Gasteiger partial charge in [-0.15, -0.1) is 11.3 Å². The summed E-state index contributed by atoms with van der Waals surface area (Å²) in [6.45, 7) is 2.05. The lowest BCUT2D eigenvalue weighted by Crippen LogP contribution is -2.44. The number of thiophene rings is 1. The van der Waals surface area contributed by atoms with Gasteiger partial charge in [0.25, 0.3) is 0 Å². The van der Waals surface area contributed by atoms with Crippen LogP contribution in [0.4, 0.5) is 0 Å². The SMILES string of the molecule is O=C(CNCC1CC1)N1CCc2sccc2[C@@H]1c1ccc(Cl)cc1Cl. The number of nitrogens with zero attached hydrogens (tertiary/aromatic N) is 1. The number of carbonyl (C=O) groups is 1. The van der Waals surface area contributed by atoms with Gasteiger partial charge in [-0.25, -0.2) is 0 Å². The largest absolute Gasteiger partial charge is 0.330 e. The highest BCUT2D eigenvalue weighted by atomic mass is 35.5. The van der Waals surface area contributed by atoms with Crippen molar-refractivity contribution in [2.24, 2.45) is 5.92 Å². The van der Waals surface area contributed by atoms with Gasteiger partial charge in [0.2, 0.25) is 5.91 Å². The predicted molar refractivity (Wildman–Crippen MR) is 104 cm³/mol. The van der Waals surface area contributed by atoms with Crippen LogP contribution in [-0.2, 0) is 11.2 Å². The molecule has 4 rings (SSSR count). The summed E-state index contributed by atoms with van der Waals surface area (Å²) in [7, 11) is 0. The number of amides is 1. The molecule has 1 fully saturated rings. The van der Waals surface area contributed by atoms with Crippen LogP contribution in [0, 0.1) is 5.92 Å². The topological polar surface area (TPSA) is 32.3 Å². The summed E-state index contributed by atoms with van der Waals surface area (Å²) >= 11 is 14.3. The maximum atomic E-state index is 12.9. The van der Waals surface area contributed by atoms with Crippen LogP contribution in [0.5, 0.6) is 0 Å². The van der Waals surface area contributed by atoms with Gasteiger partial charge in [-0.1, -0.05) is 29.3 Å². The summed E-state index contributed by atoms with van der Waals surface area (Å²) in [6, 6.07) is 7.53. The molecule has 1 aliphatic heterocycles. The molecule has 1 amide bonds. The van der Waals surface area contributed by atoms with E-state index in [1.165, 1.54) is 23.3 Å². The number of nitrogens with one attached hydrogen (secondary N) is 1. The fourth-order valence-corrected chi connectivity index (χ4v) is 4.87. The van der Waals surface area contributed by atoms with Gasteiger partial charge < -0.3 is 10.2 Å². The van der Waals surface area contributed by atoms with Crippen molar-refractivity contribution in [2.75, 3.05) is 19.6 Å². The van der Waals surface area contributed by atoms with Crippen LogP contribution in [0.15, 0.2) is 29.6 Å². The number of rotatable bonds is 5. The van der Waals surface area contributed by atoms with Crippen LogP contribution in [0.3, 0.4) is 0 Å². The van der Waals surface area contributed by atoms with E-state index in [-0.39, 0.29) is 11.9 Å². The molecule has 2 aliphatic rings. The highest BCUT2D eigenvalue weighted by Crippen LogP contribution is 2.40. The molecule has 0 saturated heterocycles. The quantitative estimate of drug-likeness (QED) is 0.807. The number of fused-ring (bicyclic) bond motifs is 1. The van der Waals surface area contributed by atoms with Gasteiger partial charge in [0.05, 0.1) is 12.6 Å². The summed E-state index contributed by atoms with van der Waals surface area (Å²) in [5.41, 5.74) is 2.14. The zero-order valence-corrected chi connectivity index (χ0v) is 16.1. The van der Waals surface area contributed by atoms with E-state index < -0.39 is 0 Å². The van der Waals surface area contributed by atoms with Crippen LogP contribution in [0.2, 0.25) is 10.0 Å². The van der Waals surface area contributed by atoms with Crippen molar-refractivity contribution < 1.29 is 4.79 Å². The first kappa shape index (κ1) is 17.3. The Hall–Kier alpha value is -1.07. The summed E-state index contributed by atoms with van der Waals surface area (Å²) in [5, 5.41) is 6.63. The molecule has 25 heavy (non-hydrogen) atoms. The highest BCUT2D eigenvalue weighted by molar-refractivity contribution is 7.10. The van der Waals surface area contributed by atoms with Crippen molar-refractivity contribution >= 4 is 40.4 Å². The first-order chi connectivity index (χ1) is 12.1. The zero-order valence-electron chi connectivity index (χ0n) is 13.8. The lowest BCUT2D eigenvalue weighted by Gasteiger charge is -2.37. The molecule has 2 heterocycles. The first-order valence-corrected chi connectivity index (χ1v) is 10.3. The molecule has 1 atom stereocenters. The summed E-state index contributed by atoms with van der Waals surface area (Å²) in [6.07, 6.45) is 3.47. The molecule has 2 aromatic rings. The van der Waals surface area contributed by atoms with Crippen molar-refractivity contribution in [1.82, 2.24) is 10.2 Å². The lowest BCUT2D eigenvalue weighted by atomic mass is 9.93. The van der Waals surface area contributed by atoms with Gasteiger partial charge in [-0.3, -0.25) is 4.79 Å². The average molecular weight is 395 g/mol. The first-order valence-electron chi connectivity index (χ1n) is 8.65. The van der Waals surface area contributed by atoms with Crippen molar-refractivity contribution in [3.8, 4) is 0 Å². The van der Waals surface area contributed by atoms with Crippen LogP contribution >= 0.6 is 34.5 Å². The third-order valence-corrected chi connectivity index (χ3v) is 6.51. The maximum Gasteiger partial charge on any atom is 0.237 e. The minimum Gasteiger partial charge on any atom is -0.330 e. The number of benzene rings is 1. The standard InChI is InChI=1S/C19H20Cl2N2OS/c20-13-3-4-14(16(21)9-13)19-15-6-8-25-17(15)5-7-23(19)18(24)11-22-10-12-1-2-12/h3-4,6,8-9,12,19,22H,1-2,5,7,10-11H2/t19-/m0/s1. The summed E-state index contributed by atoms with van der Waals surface area (Å²) < 4.78 is 0. The second kappa shape index (κ2) is 7.28. The number of hydrogen-bond acceptors (Lipinski definition) is 3. The fourth-order valence-electron chi connectivity index (χ4n) is 3.45. The van der Waals surface area contributed by atoms with Gasteiger partial charge in [-0.2, -0.15) is 0 Å². The van der Waals surface area contributed by atoms with Gasteiger partial charge in [0, 0.05) is 21.5 Å². The lowest BCUT2D eigenvalue weighted by molar-refractivity contribution is -0.132. The number of carbonyl (C=O) groups excluding carboxylic acids is 1. The molecular formula is C19H20Cl2N2OS. The Bertz CT molecular complexity index is 787. The van der Waals surface area contributed by atoms with Crippen molar-refractivity contribution in [1.29, 1.82) is 0 Å². The highest BCUT2D eigenvalue weighted by Gasteiger charge is 2.34. The van der Waals surface area contributed by atoms with E-state index in [1.807, 2.05) is 17.0 Å². The maximum absolute atomic E-state index is 12.9. The normalized spacial score (nSPS) is 19.8. The van der Waals surface area contributed by atoms with Crippen LogP contribution in [0.1, 0.15) is 34.9 Å². The molecular weight excluding hydrogens is 375 g/mol. The molecule has 1 N–H and O–H groups in total. The van der Waals surface area contributed by atoms with E-state index in [9.17, 15) is 4.79 Å². The Morgan fingerprint density at radius 2 is 2.08 bits per heavy atom. The van der Waals surface area contributed by atoms with Gasteiger partial charge in [-0.05, 0) is 66.4 Å². The Balaban J connectivity index is 1.61. The summed E-state index contributed by atoms with van der Waals surface area (Å²) in [5.74, 6) is 0.896. The Kier molecular flexibility index (Phi) is 5.05. The Morgan fingerprint density at radius 3 is 2.84 bits per heavy atom. The second-order valence-corrected chi connectivity index (χ2v) is 8.62. The minimum atomic E-state index is -0.130. The average Bonchev–Trinajstić information content (AvgIpc) is 3.28. The number of halogens is 2. The molecule has 6 heteroatoms. The molecule has 3 nitrogen and oxygen atoms in total. The van der Waals surface area contributed by atoms with Crippen molar-refractivity contribution in [3.63, 3.8) is 0 Å². The van der Waals surface area contributed by atoms with Crippen LogP contribution < -0.4 is 5.32 Å². The van der Waals surface area contributed by atoms with E-state index in [1.54, 1.807) is 17.4 Å². The van der Waals surface area contributed by atoms with E-state index in [2.05, 4.69) is 16.8 Å². The minimum absolute atomic E-state index is 0.130. The van der Waals surface area contributed by atoms with Gasteiger partial charge >= 0.3 is 0 Å². The molecule has 0 unspecified atom stereocenters. The molecule has 1 aliphatic carbocycles. The van der Waals surface area contributed by atoms with Crippen molar-refractivity contribution in [2.45, 2.75) is 25.3 Å². The van der Waals surface area contributed by atoms with Gasteiger partial charge in [0.1, 0.15) is 0 Å². The molecule has 0 radical (unpaired) electrons. The zero-order chi connectivity index (χ0) is 17.4. The Morgan fingerprint density at radius 1 is 1.24 bits per heavy atom. The third-order valence-electron chi connectivity index (χ3n) is 4.95. The number of hydrogen-bond donors (Lipinski definition) is 1. The molecule has 1 aromatic carbocycles. The predicted octanol–water partition coefficient (Wildman–Crippen LogP) is 4.53. The smallest absolute Gasteiger partial charge is 0.237 e. The molecule has 132 valence electrons. The molecule has 1 aromatic heterocycles. The molecule has 0 spiro atoms. The van der Waals surface area contributed by atoms with Crippen molar-refractivity contribution in [3.05, 3.63) is 55.7 Å². The monoisotopic (exact) mass is 394 g/mol. The second-order valence-electron chi connectivity index (χ2n) is 6.78. The summed E-state index contributed by atoms with van der Waals surface area (Å²) in [4.78, 5) is 16.2. The third kappa shape index (κ3) is 3.72. The molecule has 0 bridgehead atoms. The van der Waals surface area contributed by atoms with Gasteiger partial charge in [0.15, 0.2) is 0 Å². The van der Waals surface area contributed by atoms with E-state index in [4.69, 9.17) is 23.2 Å². The Labute approximate surface area is 161 Å². The van der Waals surface area contributed by atoms with E-state index in [0.29, 0.717) is 16.6 Å². The molecule has 1 saturated carbocycles. The van der Waals surface area contributed by atoms with E-state index >= 15 is 0 Å². The van der Waals surface area contributed by atoms with E-state index in [0.717, 1.165) is 31.0 Å². The van der Waals surface area contributed by atoms with Crippen LogP contribution in [0.25, 0.3) is 0 Å². The fraction of sp³-hybridized carbons (Fsp3) is 0.421.